The molecule has 106 valence electrons. The lowest BCUT2D eigenvalue weighted by molar-refractivity contribution is 0.217. The molecule has 0 atom stereocenters. The maximum absolute atomic E-state index is 5.67. The van der Waals surface area contributed by atoms with Crippen molar-refractivity contribution in [2.45, 2.75) is 6.42 Å². The maximum atomic E-state index is 5.67. The van der Waals surface area contributed by atoms with E-state index in [1.165, 1.54) is 5.56 Å². The third kappa shape index (κ3) is 4.87. The van der Waals surface area contributed by atoms with Gasteiger partial charge in [-0.15, -0.1) is 0 Å². The van der Waals surface area contributed by atoms with E-state index in [1.807, 2.05) is 42.5 Å². The Labute approximate surface area is 127 Å². The third-order valence-corrected chi connectivity index (χ3v) is 3.24. The topological polar surface area (TPSA) is 44.5 Å². The van der Waals surface area contributed by atoms with Crippen LogP contribution < -0.4 is 15.2 Å². The van der Waals surface area contributed by atoms with Gasteiger partial charge in [0.1, 0.15) is 24.7 Å². The number of hydrogen-bond acceptors (Lipinski definition) is 3. The molecular formula is C16H18BrNO2. The first kappa shape index (κ1) is 14.9. The Hall–Kier alpha value is -1.52. The van der Waals surface area contributed by atoms with Crippen LogP contribution in [0.1, 0.15) is 5.56 Å². The monoisotopic (exact) mass is 335 g/mol. The van der Waals surface area contributed by atoms with Crippen LogP contribution in [0.5, 0.6) is 11.5 Å². The first-order valence-corrected chi connectivity index (χ1v) is 7.37. The van der Waals surface area contributed by atoms with Crippen LogP contribution in [-0.4, -0.2) is 19.8 Å². The fourth-order valence-electron chi connectivity index (χ4n) is 1.83. The minimum absolute atomic E-state index is 0.511. The molecule has 0 aliphatic rings. The Bertz CT molecular complexity index is 546. The molecule has 4 heteroatoms. The molecule has 0 heterocycles. The lowest BCUT2D eigenvalue weighted by Gasteiger charge is -2.09. The average molecular weight is 336 g/mol. The molecule has 0 spiro atoms. The van der Waals surface area contributed by atoms with Gasteiger partial charge in [-0.2, -0.15) is 0 Å². The predicted octanol–water partition coefficient (Wildman–Crippen LogP) is 3.41. The molecule has 0 saturated heterocycles. The molecule has 0 unspecified atom stereocenters. The van der Waals surface area contributed by atoms with Gasteiger partial charge in [0.2, 0.25) is 0 Å². The highest BCUT2D eigenvalue weighted by Crippen LogP contribution is 2.18. The highest BCUT2D eigenvalue weighted by molar-refractivity contribution is 9.10. The van der Waals surface area contributed by atoms with Crippen LogP contribution in [0.3, 0.4) is 0 Å². The van der Waals surface area contributed by atoms with Crippen molar-refractivity contribution in [3.63, 3.8) is 0 Å². The SMILES string of the molecule is NCCc1cccc(OCCOc2cccc(Br)c2)c1. The van der Waals surface area contributed by atoms with E-state index < -0.39 is 0 Å². The summed E-state index contributed by atoms with van der Waals surface area (Å²) >= 11 is 3.41. The summed E-state index contributed by atoms with van der Waals surface area (Å²) in [6.07, 6.45) is 0.867. The molecule has 2 aromatic carbocycles. The quantitative estimate of drug-likeness (QED) is 0.788. The molecule has 0 saturated carbocycles. The van der Waals surface area contributed by atoms with E-state index in [0.29, 0.717) is 19.8 Å². The Balaban J connectivity index is 1.77. The molecule has 0 fully saturated rings. The van der Waals surface area contributed by atoms with Crippen molar-refractivity contribution in [1.29, 1.82) is 0 Å². The number of ether oxygens (including phenoxy) is 2. The fraction of sp³-hybridized carbons (Fsp3) is 0.250. The van der Waals surface area contributed by atoms with Crippen LogP contribution >= 0.6 is 15.9 Å². The van der Waals surface area contributed by atoms with Gasteiger partial charge in [-0.1, -0.05) is 34.1 Å². The number of rotatable bonds is 7. The first-order chi connectivity index (χ1) is 9.78. The van der Waals surface area contributed by atoms with E-state index in [-0.39, 0.29) is 0 Å². The van der Waals surface area contributed by atoms with Crippen LogP contribution in [-0.2, 0) is 6.42 Å². The largest absolute Gasteiger partial charge is 0.490 e. The van der Waals surface area contributed by atoms with Gasteiger partial charge in [-0.25, -0.2) is 0 Å². The fourth-order valence-corrected chi connectivity index (χ4v) is 2.21. The smallest absolute Gasteiger partial charge is 0.122 e. The van der Waals surface area contributed by atoms with Gasteiger partial charge in [-0.05, 0) is 48.9 Å². The molecule has 0 aromatic heterocycles. The van der Waals surface area contributed by atoms with Crippen molar-refractivity contribution < 1.29 is 9.47 Å². The van der Waals surface area contributed by atoms with Gasteiger partial charge >= 0.3 is 0 Å². The van der Waals surface area contributed by atoms with Crippen LogP contribution in [0.4, 0.5) is 0 Å². The van der Waals surface area contributed by atoms with Gasteiger partial charge in [-0.3, -0.25) is 0 Å². The zero-order valence-corrected chi connectivity index (χ0v) is 12.8. The summed E-state index contributed by atoms with van der Waals surface area (Å²) in [6, 6.07) is 15.8. The van der Waals surface area contributed by atoms with E-state index in [2.05, 4.69) is 22.0 Å². The van der Waals surface area contributed by atoms with Gasteiger partial charge in [0, 0.05) is 4.47 Å². The van der Waals surface area contributed by atoms with Crippen molar-refractivity contribution >= 4 is 15.9 Å². The summed E-state index contributed by atoms with van der Waals surface area (Å²) in [5.74, 6) is 1.69. The molecule has 0 bridgehead atoms. The highest BCUT2D eigenvalue weighted by Gasteiger charge is 1.98. The van der Waals surface area contributed by atoms with Crippen molar-refractivity contribution in [2.24, 2.45) is 5.73 Å². The molecule has 0 radical (unpaired) electrons. The Kier molecular flexibility index (Phi) is 5.89. The van der Waals surface area contributed by atoms with Gasteiger partial charge in [0.05, 0.1) is 0 Å². The second-order valence-corrected chi connectivity index (χ2v) is 5.26. The maximum Gasteiger partial charge on any atom is 0.122 e. The van der Waals surface area contributed by atoms with Crippen molar-refractivity contribution in [2.75, 3.05) is 19.8 Å². The minimum atomic E-state index is 0.511. The van der Waals surface area contributed by atoms with Crippen molar-refractivity contribution in [3.8, 4) is 11.5 Å². The molecule has 0 aliphatic carbocycles. The molecule has 0 amide bonds. The van der Waals surface area contributed by atoms with Crippen LogP contribution in [0, 0.1) is 0 Å². The molecule has 0 aliphatic heterocycles. The summed E-state index contributed by atoms with van der Waals surface area (Å²) in [5.41, 5.74) is 6.74. The van der Waals surface area contributed by atoms with E-state index in [9.17, 15) is 0 Å². The highest BCUT2D eigenvalue weighted by atomic mass is 79.9. The molecular weight excluding hydrogens is 318 g/mol. The Morgan fingerprint density at radius 1 is 0.900 bits per heavy atom. The second kappa shape index (κ2) is 7.92. The third-order valence-electron chi connectivity index (χ3n) is 2.75. The van der Waals surface area contributed by atoms with Crippen LogP contribution in [0.25, 0.3) is 0 Å². The standard InChI is InChI=1S/C16H18BrNO2/c17-14-4-2-6-16(12-14)20-10-9-19-15-5-1-3-13(11-15)7-8-18/h1-6,11-12H,7-10,18H2. The van der Waals surface area contributed by atoms with Gasteiger partial charge in [0.15, 0.2) is 0 Å². The normalized spacial score (nSPS) is 10.3. The second-order valence-electron chi connectivity index (χ2n) is 4.34. The summed E-state index contributed by atoms with van der Waals surface area (Å²) in [4.78, 5) is 0. The van der Waals surface area contributed by atoms with E-state index in [1.54, 1.807) is 0 Å². The predicted molar refractivity (Wildman–Crippen MR) is 84.3 cm³/mol. The van der Waals surface area contributed by atoms with E-state index >= 15 is 0 Å². The molecule has 2 aromatic rings. The van der Waals surface area contributed by atoms with E-state index in [4.69, 9.17) is 15.2 Å². The molecule has 2 N–H and O–H groups in total. The number of nitrogens with two attached hydrogens (primary N) is 1. The van der Waals surface area contributed by atoms with Gasteiger partial charge in [0.25, 0.3) is 0 Å². The molecule has 2 rings (SSSR count). The summed E-state index contributed by atoms with van der Waals surface area (Å²) in [5, 5.41) is 0. The first-order valence-electron chi connectivity index (χ1n) is 6.58. The van der Waals surface area contributed by atoms with E-state index in [0.717, 1.165) is 22.4 Å². The van der Waals surface area contributed by atoms with Crippen molar-refractivity contribution in [1.82, 2.24) is 0 Å². The summed E-state index contributed by atoms with van der Waals surface area (Å²) in [7, 11) is 0. The minimum Gasteiger partial charge on any atom is -0.490 e. The van der Waals surface area contributed by atoms with Gasteiger partial charge < -0.3 is 15.2 Å². The Morgan fingerprint density at radius 2 is 1.55 bits per heavy atom. The lowest BCUT2D eigenvalue weighted by Crippen LogP contribution is -2.09. The zero-order chi connectivity index (χ0) is 14.2. The molecule has 3 nitrogen and oxygen atoms in total. The van der Waals surface area contributed by atoms with Crippen LogP contribution in [0.2, 0.25) is 0 Å². The molecule has 20 heavy (non-hydrogen) atoms. The number of hydrogen-bond donors (Lipinski definition) is 1. The summed E-state index contributed by atoms with van der Waals surface area (Å²) in [6.45, 7) is 1.67. The summed E-state index contributed by atoms with van der Waals surface area (Å²) < 4.78 is 12.3. The lowest BCUT2D eigenvalue weighted by atomic mass is 10.1. The van der Waals surface area contributed by atoms with Crippen molar-refractivity contribution in [3.05, 3.63) is 58.6 Å². The average Bonchev–Trinajstić information content (AvgIpc) is 2.45. The van der Waals surface area contributed by atoms with Crippen LogP contribution in [0.15, 0.2) is 53.0 Å². The number of benzene rings is 2. The zero-order valence-electron chi connectivity index (χ0n) is 11.2. The number of halogens is 1. The Morgan fingerprint density at radius 3 is 2.20 bits per heavy atom.